The Balaban J connectivity index is 2.57. The van der Waals surface area contributed by atoms with Crippen molar-refractivity contribution in [3.05, 3.63) is 35.3 Å². The van der Waals surface area contributed by atoms with E-state index in [0.29, 0.717) is 5.75 Å². The van der Waals surface area contributed by atoms with Gasteiger partial charge in [-0.3, -0.25) is 0 Å². The molecule has 0 aliphatic rings. The quantitative estimate of drug-likeness (QED) is 0.430. The number of nitrogens with two attached hydrogens (primary N) is 1. The summed E-state index contributed by atoms with van der Waals surface area (Å²) < 4.78 is 0.870. The highest BCUT2D eigenvalue weighted by Gasteiger charge is 2.04. The van der Waals surface area contributed by atoms with Crippen molar-refractivity contribution in [3.8, 4) is 0 Å². The summed E-state index contributed by atoms with van der Waals surface area (Å²) >= 11 is 1.56. The third-order valence-corrected chi connectivity index (χ3v) is 2.39. The van der Waals surface area contributed by atoms with Gasteiger partial charge in [-0.25, -0.2) is 0 Å². The van der Waals surface area contributed by atoms with Gasteiger partial charge in [-0.2, -0.15) is 4.73 Å². The van der Waals surface area contributed by atoms with Gasteiger partial charge in [-0.05, 0) is 13.0 Å². The van der Waals surface area contributed by atoms with Crippen molar-refractivity contribution in [3.63, 3.8) is 0 Å². The summed E-state index contributed by atoms with van der Waals surface area (Å²) in [6.07, 6.45) is 1.50. The number of aromatic nitrogens is 1. The van der Waals surface area contributed by atoms with Crippen LogP contribution in [0, 0.1) is 5.21 Å². The molecule has 0 saturated carbocycles. The topological polar surface area (TPSA) is 53.0 Å². The minimum atomic E-state index is 0.0743. The predicted octanol–water partition coefficient (Wildman–Crippen LogP) is 0.858. The van der Waals surface area contributed by atoms with Crippen LogP contribution >= 0.6 is 11.8 Å². The van der Waals surface area contributed by atoms with E-state index in [1.54, 1.807) is 17.8 Å². The molecule has 66 valence electrons. The van der Waals surface area contributed by atoms with E-state index in [4.69, 9.17) is 5.73 Å². The van der Waals surface area contributed by atoms with Crippen molar-refractivity contribution >= 4 is 11.8 Å². The van der Waals surface area contributed by atoms with E-state index < -0.39 is 0 Å². The maximum atomic E-state index is 11.1. The van der Waals surface area contributed by atoms with E-state index in [1.165, 1.54) is 6.20 Å². The average molecular weight is 184 g/mol. The summed E-state index contributed by atoms with van der Waals surface area (Å²) in [5.74, 6) is 0.669. The van der Waals surface area contributed by atoms with E-state index in [1.807, 2.05) is 19.1 Å². The monoisotopic (exact) mass is 184 g/mol. The first-order valence-electron chi connectivity index (χ1n) is 3.74. The molecule has 0 fully saturated rings. The Labute approximate surface area is 76.2 Å². The third-order valence-electron chi connectivity index (χ3n) is 1.40. The lowest BCUT2D eigenvalue weighted by Crippen LogP contribution is -2.30. The van der Waals surface area contributed by atoms with Crippen molar-refractivity contribution in [2.45, 2.75) is 18.1 Å². The number of rotatable bonds is 3. The summed E-state index contributed by atoms with van der Waals surface area (Å²) in [5, 5.41) is 11.2. The lowest BCUT2D eigenvalue weighted by molar-refractivity contribution is -0.612. The van der Waals surface area contributed by atoms with Gasteiger partial charge in [-0.1, -0.05) is 0 Å². The minimum absolute atomic E-state index is 0.0743. The lowest BCUT2D eigenvalue weighted by Gasteiger charge is -2.05. The highest BCUT2D eigenvalue weighted by atomic mass is 32.2. The fourth-order valence-corrected chi connectivity index (χ4v) is 1.45. The molecule has 0 aromatic carbocycles. The fourth-order valence-electron chi connectivity index (χ4n) is 0.792. The molecule has 0 bridgehead atoms. The van der Waals surface area contributed by atoms with E-state index in [9.17, 15) is 5.21 Å². The molecule has 0 aliphatic heterocycles. The van der Waals surface area contributed by atoms with Gasteiger partial charge in [-0.15, -0.1) is 11.8 Å². The Hall–Kier alpha value is -0.740. The highest BCUT2D eigenvalue weighted by molar-refractivity contribution is 7.99. The van der Waals surface area contributed by atoms with E-state index in [2.05, 4.69) is 0 Å². The Kier molecular flexibility index (Phi) is 3.37. The molecule has 0 aliphatic carbocycles. The van der Waals surface area contributed by atoms with Gasteiger partial charge in [0, 0.05) is 17.5 Å². The van der Waals surface area contributed by atoms with Crippen LogP contribution in [-0.2, 0) is 5.75 Å². The van der Waals surface area contributed by atoms with E-state index >= 15 is 0 Å². The van der Waals surface area contributed by atoms with Gasteiger partial charge in [0.2, 0.25) is 5.69 Å². The van der Waals surface area contributed by atoms with Crippen LogP contribution in [0.15, 0.2) is 24.4 Å². The molecule has 1 heterocycles. The average Bonchev–Trinajstić information content (AvgIpc) is 2.03. The molecular formula is C8H12N2OS. The van der Waals surface area contributed by atoms with Crippen LogP contribution in [0.1, 0.15) is 12.6 Å². The van der Waals surface area contributed by atoms with Crippen molar-refractivity contribution < 1.29 is 4.73 Å². The molecular weight excluding hydrogens is 172 g/mol. The maximum Gasteiger partial charge on any atom is 0.202 e. The Morgan fingerprint density at radius 3 is 3.00 bits per heavy atom. The highest BCUT2D eigenvalue weighted by Crippen LogP contribution is 2.10. The first-order valence-corrected chi connectivity index (χ1v) is 4.79. The fraction of sp³-hybridized carbons (Fsp3) is 0.375. The van der Waals surface area contributed by atoms with Crippen LogP contribution in [0.3, 0.4) is 0 Å². The van der Waals surface area contributed by atoms with Crippen molar-refractivity contribution in [1.29, 1.82) is 0 Å². The first kappa shape index (κ1) is 9.35. The van der Waals surface area contributed by atoms with E-state index in [-0.39, 0.29) is 5.37 Å². The molecule has 12 heavy (non-hydrogen) atoms. The Morgan fingerprint density at radius 2 is 2.42 bits per heavy atom. The van der Waals surface area contributed by atoms with Gasteiger partial charge in [0.05, 0.1) is 5.75 Å². The van der Waals surface area contributed by atoms with Crippen molar-refractivity contribution in [2.75, 3.05) is 0 Å². The second kappa shape index (κ2) is 4.33. The second-order valence-corrected chi connectivity index (χ2v) is 3.90. The van der Waals surface area contributed by atoms with Gasteiger partial charge < -0.3 is 10.9 Å². The van der Waals surface area contributed by atoms with Crippen LogP contribution < -0.4 is 10.5 Å². The predicted molar refractivity (Wildman–Crippen MR) is 50.3 cm³/mol. The van der Waals surface area contributed by atoms with Crippen molar-refractivity contribution in [2.24, 2.45) is 5.73 Å². The van der Waals surface area contributed by atoms with Gasteiger partial charge in [0.15, 0.2) is 6.20 Å². The van der Waals surface area contributed by atoms with Crippen LogP contribution in [-0.4, -0.2) is 5.37 Å². The summed E-state index contributed by atoms with van der Waals surface area (Å²) in [6, 6.07) is 5.38. The largest absolute Gasteiger partial charge is 0.618 e. The van der Waals surface area contributed by atoms with Crippen LogP contribution in [0.5, 0.6) is 0 Å². The second-order valence-electron chi connectivity index (χ2n) is 2.53. The molecule has 1 aromatic rings. The number of hydrogen-bond donors (Lipinski definition) is 1. The smallest absolute Gasteiger partial charge is 0.202 e. The SMILES string of the molecule is CC(N)SCc1cccc[n+]1[O-]. The molecule has 0 radical (unpaired) electrons. The molecule has 4 heteroatoms. The summed E-state index contributed by atoms with van der Waals surface area (Å²) in [6.45, 7) is 1.91. The molecule has 1 rings (SSSR count). The Morgan fingerprint density at radius 1 is 1.67 bits per heavy atom. The first-order chi connectivity index (χ1) is 5.70. The summed E-state index contributed by atoms with van der Waals surface area (Å²) in [7, 11) is 0. The molecule has 0 amide bonds. The summed E-state index contributed by atoms with van der Waals surface area (Å²) in [5.41, 5.74) is 6.29. The maximum absolute atomic E-state index is 11.1. The normalized spacial score (nSPS) is 12.8. The number of pyridine rings is 1. The standard InChI is InChI=1S/C8H12N2OS/c1-7(9)12-6-8-4-2-3-5-10(8)11/h2-5,7H,6,9H2,1H3. The minimum Gasteiger partial charge on any atom is -0.618 e. The van der Waals surface area contributed by atoms with Gasteiger partial charge >= 0.3 is 0 Å². The molecule has 0 saturated heterocycles. The Bertz CT molecular complexity index is 253. The van der Waals surface area contributed by atoms with E-state index in [0.717, 1.165) is 10.4 Å². The molecule has 2 N–H and O–H groups in total. The number of thioether (sulfide) groups is 1. The summed E-state index contributed by atoms with van der Waals surface area (Å²) in [4.78, 5) is 0. The molecule has 1 atom stereocenters. The van der Waals surface area contributed by atoms with Crippen LogP contribution in [0.2, 0.25) is 0 Å². The van der Waals surface area contributed by atoms with Crippen LogP contribution in [0.25, 0.3) is 0 Å². The zero-order valence-electron chi connectivity index (χ0n) is 6.93. The molecule has 3 nitrogen and oxygen atoms in total. The van der Waals surface area contributed by atoms with Crippen molar-refractivity contribution in [1.82, 2.24) is 0 Å². The molecule has 0 spiro atoms. The number of hydrogen-bond acceptors (Lipinski definition) is 3. The van der Waals surface area contributed by atoms with Gasteiger partial charge in [0.1, 0.15) is 0 Å². The molecule has 1 aromatic heterocycles. The molecule has 1 unspecified atom stereocenters. The van der Waals surface area contributed by atoms with Crippen LogP contribution in [0.4, 0.5) is 0 Å². The third kappa shape index (κ3) is 2.71. The zero-order valence-corrected chi connectivity index (χ0v) is 7.75. The zero-order chi connectivity index (χ0) is 8.97. The number of nitrogens with zero attached hydrogens (tertiary/aromatic N) is 1. The lowest BCUT2D eigenvalue weighted by atomic mass is 10.4. The van der Waals surface area contributed by atoms with Gasteiger partial charge in [0.25, 0.3) is 0 Å².